The number of aromatic nitrogens is 1. The van der Waals surface area contributed by atoms with Crippen molar-refractivity contribution in [2.75, 3.05) is 12.4 Å². The van der Waals surface area contributed by atoms with Crippen LogP contribution in [0.25, 0.3) is 10.9 Å². The van der Waals surface area contributed by atoms with E-state index in [9.17, 15) is 0 Å². The fourth-order valence-electron chi connectivity index (χ4n) is 3.50. The van der Waals surface area contributed by atoms with Gasteiger partial charge in [-0.05, 0) is 60.1 Å². The van der Waals surface area contributed by atoms with E-state index in [4.69, 9.17) is 23.2 Å². The van der Waals surface area contributed by atoms with Gasteiger partial charge < -0.3 is 5.32 Å². The zero-order valence-electron chi connectivity index (χ0n) is 16.8. The number of nitrogens with one attached hydrogen (secondary N) is 1. The average molecular weight is 436 g/mol. The summed E-state index contributed by atoms with van der Waals surface area (Å²) >= 11 is 12.0. The molecule has 0 radical (unpaired) electrons. The standard InChI is InChI=1S/C25H23Cl2N3/c1-30(17-20-6-8-21(26)9-7-20)16-19-4-2-18(3-5-19)15-29-24-12-13-28-25-14-22(27)10-11-23(24)25/h2-14H,15-17H2,1H3,(H,28,29). The fraction of sp³-hybridized carbons (Fsp3) is 0.160. The van der Waals surface area contributed by atoms with E-state index in [2.05, 4.69) is 58.6 Å². The van der Waals surface area contributed by atoms with E-state index in [1.165, 1.54) is 16.7 Å². The van der Waals surface area contributed by atoms with E-state index < -0.39 is 0 Å². The first kappa shape index (κ1) is 20.7. The number of benzene rings is 3. The normalized spacial score (nSPS) is 11.2. The molecule has 0 spiro atoms. The Morgan fingerprint density at radius 3 is 2.07 bits per heavy atom. The molecule has 0 unspecified atom stereocenters. The van der Waals surface area contributed by atoms with Gasteiger partial charge in [0.2, 0.25) is 0 Å². The van der Waals surface area contributed by atoms with Crippen molar-refractivity contribution in [3.8, 4) is 0 Å². The molecule has 30 heavy (non-hydrogen) atoms. The highest BCUT2D eigenvalue weighted by molar-refractivity contribution is 6.31. The lowest BCUT2D eigenvalue weighted by Gasteiger charge is -2.17. The molecule has 5 heteroatoms. The number of hydrogen-bond donors (Lipinski definition) is 1. The molecule has 0 saturated carbocycles. The quantitative estimate of drug-likeness (QED) is 0.346. The number of nitrogens with zero attached hydrogens (tertiary/aromatic N) is 2. The van der Waals surface area contributed by atoms with Gasteiger partial charge in [0.05, 0.1) is 5.52 Å². The number of pyridine rings is 1. The van der Waals surface area contributed by atoms with Gasteiger partial charge in [-0.25, -0.2) is 0 Å². The van der Waals surface area contributed by atoms with Crippen molar-refractivity contribution < 1.29 is 0 Å². The summed E-state index contributed by atoms with van der Waals surface area (Å²) in [7, 11) is 2.13. The monoisotopic (exact) mass is 435 g/mol. The molecule has 3 aromatic carbocycles. The summed E-state index contributed by atoms with van der Waals surface area (Å²) in [6, 6.07) is 24.6. The van der Waals surface area contributed by atoms with Crippen molar-refractivity contribution in [3.05, 3.63) is 106 Å². The number of hydrogen-bond acceptors (Lipinski definition) is 3. The van der Waals surface area contributed by atoms with E-state index >= 15 is 0 Å². The molecule has 0 aliphatic heterocycles. The van der Waals surface area contributed by atoms with Gasteiger partial charge in [-0.3, -0.25) is 9.88 Å². The lowest BCUT2D eigenvalue weighted by molar-refractivity contribution is 0.319. The SMILES string of the molecule is CN(Cc1ccc(Cl)cc1)Cc1ccc(CNc2ccnc3cc(Cl)ccc23)cc1. The average Bonchev–Trinajstić information content (AvgIpc) is 2.74. The lowest BCUT2D eigenvalue weighted by atomic mass is 10.1. The summed E-state index contributed by atoms with van der Waals surface area (Å²) in [5.74, 6) is 0. The van der Waals surface area contributed by atoms with Crippen molar-refractivity contribution in [1.29, 1.82) is 0 Å². The molecule has 1 aromatic heterocycles. The summed E-state index contributed by atoms with van der Waals surface area (Å²) in [4.78, 5) is 6.69. The molecule has 0 bridgehead atoms. The molecule has 0 saturated heterocycles. The van der Waals surface area contributed by atoms with Gasteiger partial charge in [-0.1, -0.05) is 59.6 Å². The zero-order valence-corrected chi connectivity index (χ0v) is 18.3. The van der Waals surface area contributed by atoms with E-state index in [0.717, 1.165) is 41.2 Å². The molecule has 0 aliphatic rings. The van der Waals surface area contributed by atoms with Crippen LogP contribution in [0.3, 0.4) is 0 Å². The largest absolute Gasteiger partial charge is 0.380 e. The van der Waals surface area contributed by atoms with E-state index in [1.54, 1.807) is 6.20 Å². The second-order valence-electron chi connectivity index (χ2n) is 7.49. The van der Waals surface area contributed by atoms with Crippen LogP contribution >= 0.6 is 23.2 Å². The Balaban J connectivity index is 1.35. The van der Waals surface area contributed by atoms with Gasteiger partial charge >= 0.3 is 0 Å². The van der Waals surface area contributed by atoms with Gasteiger partial charge in [-0.15, -0.1) is 0 Å². The van der Waals surface area contributed by atoms with Crippen LogP contribution in [-0.2, 0) is 19.6 Å². The predicted octanol–water partition coefficient (Wildman–Crippen LogP) is 6.79. The van der Waals surface area contributed by atoms with Crippen molar-refractivity contribution in [2.45, 2.75) is 19.6 Å². The molecule has 0 aliphatic carbocycles. The van der Waals surface area contributed by atoms with Crippen LogP contribution in [0.1, 0.15) is 16.7 Å². The maximum Gasteiger partial charge on any atom is 0.0737 e. The van der Waals surface area contributed by atoms with Crippen LogP contribution in [0, 0.1) is 0 Å². The predicted molar refractivity (Wildman–Crippen MR) is 127 cm³/mol. The highest BCUT2D eigenvalue weighted by Crippen LogP contribution is 2.25. The fourth-order valence-corrected chi connectivity index (χ4v) is 3.80. The van der Waals surface area contributed by atoms with Crippen LogP contribution < -0.4 is 5.32 Å². The molecule has 1 N–H and O–H groups in total. The van der Waals surface area contributed by atoms with Gasteiger partial charge in [0.25, 0.3) is 0 Å². The highest BCUT2D eigenvalue weighted by Gasteiger charge is 2.05. The maximum absolute atomic E-state index is 6.08. The summed E-state index contributed by atoms with van der Waals surface area (Å²) in [6.45, 7) is 2.54. The summed E-state index contributed by atoms with van der Waals surface area (Å²) in [5.41, 5.74) is 5.74. The molecular weight excluding hydrogens is 413 g/mol. The smallest absolute Gasteiger partial charge is 0.0737 e. The van der Waals surface area contributed by atoms with Crippen LogP contribution in [0.15, 0.2) is 79.0 Å². The number of anilines is 1. The van der Waals surface area contributed by atoms with Crippen LogP contribution in [0.5, 0.6) is 0 Å². The van der Waals surface area contributed by atoms with Gasteiger partial charge in [0.15, 0.2) is 0 Å². The molecule has 3 nitrogen and oxygen atoms in total. The Labute approximate surface area is 187 Å². The minimum Gasteiger partial charge on any atom is -0.380 e. The molecule has 0 atom stereocenters. The second kappa shape index (κ2) is 9.48. The maximum atomic E-state index is 6.08. The molecule has 4 rings (SSSR count). The van der Waals surface area contributed by atoms with E-state index in [1.807, 2.05) is 36.4 Å². The van der Waals surface area contributed by atoms with Gasteiger partial charge in [-0.2, -0.15) is 0 Å². The molecule has 0 fully saturated rings. The molecule has 4 aromatic rings. The molecule has 152 valence electrons. The molecular formula is C25H23Cl2N3. The van der Waals surface area contributed by atoms with Crippen LogP contribution in [0.4, 0.5) is 5.69 Å². The number of fused-ring (bicyclic) bond motifs is 1. The number of rotatable bonds is 7. The first-order valence-electron chi connectivity index (χ1n) is 9.86. The zero-order chi connectivity index (χ0) is 20.9. The summed E-state index contributed by atoms with van der Waals surface area (Å²) < 4.78 is 0. The summed E-state index contributed by atoms with van der Waals surface area (Å²) in [6.07, 6.45) is 1.81. The third-order valence-electron chi connectivity index (χ3n) is 5.03. The third-order valence-corrected chi connectivity index (χ3v) is 5.52. The van der Waals surface area contributed by atoms with Crippen molar-refractivity contribution in [3.63, 3.8) is 0 Å². The van der Waals surface area contributed by atoms with Gasteiger partial charge in [0.1, 0.15) is 0 Å². The van der Waals surface area contributed by atoms with Crippen molar-refractivity contribution >= 4 is 39.8 Å². The van der Waals surface area contributed by atoms with Crippen LogP contribution in [-0.4, -0.2) is 16.9 Å². The Morgan fingerprint density at radius 2 is 1.37 bits per heavy atom. The van der Waals surface area contributed by atoms with Crippen LogP contribution in [0.2, 0.25) is 10.0 Å². The Kier molecular flexibility index (Phi) is 6.53. The minimum absolute atomic E-state index is 0.698. The topological polar surface area (TPSA) is 28.2 Å². The summed E-state index contributed by atoms with van der Waals surface area (Å²) in [5, 5.41) is 6.06. The first-order valence-corrected chi connectivity index (χ1v) is 10.6. The van der Waals surface area contributed by atoms with Crippen molar-refractivity contribution in [1.82, 2.24) is 9.88 Å². The Hall–Kier alpha value is -2.59. The molecule has 0 amide bonds. The number of halogens is 2. The van der Waals surface area contributed by atoms with Crippen molar-refractivity contribution in [2.24, 2.45) is 0 Å². The second-order valence-corrected chi connectivity index (χ2v) is 8.36. The van der Waals surface area contributed by atoms with E-state index in [0.29, 0.717) is 5.02 Å². The first-order chi connectivity index (χ1) is 14.6. The minimum atomic E-state index is 0.698. The third kappa shape index (κ3) is 5.31. The lowest BCUT2D eigenvalue weighted by Crippen LogP contribution is -2.17. The molecule has 1 heterocycles. The van der Waals surface area contributed by atoms with Gasteiger partial charge in [0, 0.05) is 46.9 Å². The van der Waals surface area contributed by atoms with E-state index in [-0.39, 0.29) is 0 Å². The Morgan fingerprint density at radius 1 is 0.767 bits per heavy atom. The Bertz CT molecular complexity index is 1130. The highest BCUT2D eigenvalue weighted by atomic mass is 35.5.